The summed E-state index contributed by atoms with van der Waals surface area (Å²) in [5.41, 5.74) is 7.83. The molecule has 0 radical (unpaired) electrons. The molecule has 1 unspecified atom stereocenters. The molecule has 0 spiro atoms. The van der Waals surface area contributed by atoms with Crippen LogP contribution in [-0.2, 0) is 11.3 Å². The van der Waals surface area contributed by atoms with Crippen molar-refractivity contribution in [2.75, 3.05) is 0 Å². The molecule has 0 bridgehead atoms. The fourth-order valence-corrected chi connectivity index (χ4v) is 2.22. The average molecular weight is 203 g/mol. The standard InChI is InChI=1S/C13H17NO/c14-9-10-5-7-11(8-6-10)12-3-1-2-4-13(12)15/h5-8,12H,1-4,9,14H2. The van der Waals surface area contributed by atoms with E-state index in [9.17, 15) is 4.79 Å². The monoisotopic (exact) mass is 203 g/mol. The van der Waals surface area contributed by atoms with Gasteiger partial charge in [-0.2, -0.15) is 0 Å². The van der Waals surface area contributed by atoms with Crippen LogP contribution in [0.5, 0.6) is 0 Å². The topological polar surface area (TPSA) is 43.1 Å². The molecule has 0 heterocycles. The molecule has 2 heteroatoms. The first kappa shape index (κ1) is 10.4. The molecule has 80 valence electrons. The smallest absolute Gasteiger partial charge is 0.140 e. The number of hydrogen-bond donors (Lipinski definition) is 1. The molecule has 0 aromatic heterocycles. The lowest BCUT2D eigenvalue weighted by Gasteiger charge is -2.20. The Balaban J connectivity index is 2.17. The van der Waals surface area contributed by atoms with Crippen molar-refractivity contribution in [1.82, 2.24) is 0 Å². The lowest BCUT2D eigenvalue weighted by atomic mass is 9.83. The van der Waals surface area contributed by atoms with Gasteiger partial charge >= 0.3 is 0 Å². The van der Waals surface area contributed by atoms with Gasteiger partial charge in [0, 0.05) is 18.9 Å². The highest BCUT2D eigenvalue weighted by Crippen LogP contribution is 2.29. The summed E-state index contributed by atoms with van der Waals surface area (Å²) in [5.74, 6) is 0.548. The minimum Gasteiger partial charge on any atom is -0.326 e. The third-order valence-electron chi connectivity index (χ3n) is 3.17. The van der Waals surface area contributed by atoms with Gasteiger partial charge in [-0.15, -0.1) is 0 Å². The summed E-state index contributed by atoms with van der Waals surface area (Å²) in [5, 5.41) is 0. The van der Waals surface area contributed by atoms with E-state index >= 15 is 0 Å². The van der Waals surface area contributed by atoms with E-state index < -0.39 is 0 Å². The molecule has 0 amide bonds. The van der Waals surface area contributed by atoms with Crippen molar-refractivity contribution in [1.29, 1.82) is 0 Å². The first-order valence-electron chi connectivity index (χ1n) is 5.63. The van der Waals surface area contributed by atoms with Crippen LogP contribution in [0.15, 0.2) is 24.3 Å². The van der Waals surface area contributed by atoms with Gasteiger partial charge in [0.1, 0.15) is 5.78 Å². The van der Waals surface area contributed by atoms with Crippen LogP contribution in [0, 0.1) is 0 Å². The Kier molecular flexibility index (Phi) is 3.17. The van der Waals surface area contributed by atoms with Crippen molar-refractivity contribution in [3.05, 3.63) is 35.4 Å². The Bertz CT molecular complexity index is 342. The number of carbonyl (C=O) groups excluding carboxylic acids is 1. The van der Waals surface area contributed by atoms with Crippen LogP contribution in [0.2, 0.25) is 0 Å². The summed E-state index contributed by atoms with van der Waals surface area (Å²) in [7, 11) is 0. The van der Waals surface area contributed by atoms with E-state index in [1.165, 1.54) is 6.42 Å². The summed E-state index contributed by atoms with van der Waals surface area (Å²) in [6.07, 6.45) is 4.01. The number of carbonyl (C=O) groups is 1. The van der Waals surface area contributed by atoms with Crippen LogP contribution in [0.1, 0.15) is 42.7 Å². The normalized spacial score (nSPS) is 21.7. The molecule has 2 rings (SSSR count). The number of hydrogen-bond acceptors (Lipinski definition) is 2. The number of benzene rings is 1. The van der Waals surface area contributed by atoms with Crippen LogP contribution >= 0.6 is 0 Å². The van der Waals surface area contributed by atoms with Gasteiger partial charge in [-0.1, -0.05) is 30.7 Å². The Hall–Kier alpha value is -1.15. The van der Waals surface area contributed by atoms with Gasteiger partial charge in [-0.05, 0) is 24.0 Å². The van der Waals surface area contributed by atoms with Crippen molar-refractivity contribution in [2.45, 2.75) is 38.1 Å². The predicted molar refractivity (Wildman–Crippen MR) is 60.5 cm³/mol. The van der Waals surface area contributed by atoms with E-state index in [-0.39, 0.29) is 5.92 Å². The summed E-state index contributed by atoms with van der Waals surface area (Å²) in [6, 6.07) is 8.15. The molecular formula is C13H17NO. The third-order valence-corrected chi connectivity index (χ3v) is 3.17. The van der Waals surface area contributed by atoms with Gasteiger partial charge in [-0.25, -0.2) is 0 Å². The number of nitrogens with two attached hydrogens (primary N) is 1. The third kappa shape index (κ3) is 2.26. The summed E-state index contributed by atoms with van der Waals surface area (Å²) >= 11 is 0. The van der Waals surface area contributed by atoms with Crippen LogP contribution in [0.25, 0.3) is 0 Å². The van der Waals surface area contributed by atoms with E-state index in [0.29, 0.717) is 12.3 Å². The molecule has 1 atom stereocenters. The van der Waals surface area contributed by atoms with Gasteiger partial charge in [0.2, 0.25) is 0 Å². The molecule has 2 N–H and O–H groups in total. The fraction of sp³-hybridized carbons (Fsp3) is 0.462. The molecule has 1 aromatic rings. The highest BCUT2D eigenvalue weighted by atomic mass is 16.1. The SMILES string of the molecule is NCc1ccc(C2CCCCC2=O)cc1. The van der Waals surface area contributed by atoms with E-state index in [4.69, 9.17) is 5.73 Å². The van der Waals surface area contributed by atoms with Gasteiger partial charge in [0.05, 0.1) is 0 Å². The minimum atomic E-state index is 0.144. The quantitative estimate of drug-likeness (QED) is 0.801. The van der Waals surface area contributed by atoms with Crippen LogP contribution in [-0.4, -0.2) is 5.78 Å². The van der Waals surface area contributed by atoms with Crippen LogP contribution in [0.3, 0.4) is 0 Å². The van der Waals surface area contributed by atoms with E-state index in [1.807, 2.05) is 12.1 Å². The van der Waals surface area contributed by atoms with Gasteiger partial charge in [0.25, 0.3) is 0 Å². The minimum absolute atomic E-state index is 0.144. The average Bonchev–Trinajstić information content (AvgIpc) is 2.30. The maximum Gasteiger partial charge on any atom is 0.140 e. The molecular weight excluding hydrogens is 186 g/mol. The molecule has 1 saturated carbocycles. The van der Waals surface area contributed by atoms with E-state index in [0.717, 1.165) is 30.4 Å². The maximum absolute atomic E-state index is 11.7. The highest BCUT2D eigenvalue weighted by Gasteiger charge is 2.23. The zero-order chi connectivity index (χ0) is 10.7. The Morgan fingerprint density at radius 3 is 2.53 bits per heavy atom. The highest BCUT2D eigenvalue weighted by molar-refractivity contribution is 5.86. The Labute approximate surface area is 90.5 Å². The molecule has 15 heavy (non-hydrogen) atoms. The van der Waals surface area contributed by atoms with Crippen molar-refractivity contribution in [2.24, 2.45) is 5.73 Å². The molecule has 1 fully saturated rings. The van der Waals surface area contributed by atoms with Crippen molar-refractivity contribution in [3.63, 3.8) is 0 Å². The van der Waals surface area contributed by atoms with Crippen LogP contribution < -0.4 is 5.73 Å². The van der Waals surface area contributed by atoms with E-state index in [1.54, 1.807) is 0 Å². The molecule has 1 aliphatic rings. The second kappa shape index (κ2) is 4.58. The zero-order valence-electron chi connectivity index (χ0n) is 8.91. The number of Topliss-reactive ketones (excluding diaryl/α,β-unsaturated/α-hetero) is 1. The second-order valence-electron chi connectivity index (χ2n) is 4.21. The first-order valence-corrected chi connectivity index (χ1v) is 5.63. The summed E-state index contributed by atoms with van der Waals surface area (Å²) < 4.78 is 0. The van der Waals surface area contributed by atoms with Crippen LogP contribution in [0.4, 0.5) is 0 Å². The Morgan fingerprint density at radius 1 is 1.20 bits per heavy atom. The Morgan fingerprint density at radius 2 is 1.93 bits per heavy atom. The maximum atomic E-state index is 11.7. The molecule has 0 saturated heterocycles. The molecule has 1 aliphatic carbocycles. The first-order chi connectivity index (χ1) is 7.31. The summed E-state index contributed by atoms with van der Waals surface area (Å²) in [4.78, 5) is 11.7. The van der Waals surface area contributed by atoms with Gasteiger partial charge < -0.3 is 5.73 Å². The predicted octanol–water partition coefficient (Wildman–Crippen LogP) is 2.37. The number of rotatable bonds is 2. The lowest BCUT2D eigenvalue weighted by molar-refractivity contribution is -0.121. The van der Waals surface area contributed by atoms with Crippen molar-refractivity contribution in [3.8, 4) is 0 Å². The number of ketones is 1. The van der Waals surface area contributed by atoms with Crippen molar-refractivity contribution >= 4 is 5.78 Å². The second-order valence-corrected chi connectivity index (χ2v) is 4.21. The fourth-order valence-electron chi connectivity index (χ4n) is 2.22. The summed E-state index contributed by atoms with van der Waals surface area (Å²) in [6.45, 7) is 0.568. The largest absolute Gasteiger partial charge is 0.326 e. The van der Waals surface area contributed by atoms with E-state index in [2.05, 4.69) is 12.1 Å². The molecule has 2 nitrogen and oxygen atoms in total. The van der Waals surface area contributed by atoms with Gasteiger partial charge in [-0.3, -0.25) is 4.79 Å². The van der Waals surface area contributed by atoms with Crippen molar-refractivity contribution < 1.29 is 4.79 Å². The zero-order valence-corrected chi connectivity index (χ0v) is 8.91. The molecule has 1 aromatic carbocycles. The molecule has 0 aliphatic heterocycles. The van der Waals surface area contributed by atoms with Gasteiger partial charge in [0.15, 0.2) is 0 Å². The lowest BCUT2D eigenvalue weighted by Crippen LogP contribution is -2.16.